The van der Waals surface area contributed by atoms with Crippen LogP contribution in [0.1, 0.15) is 113 Å². The molecule has 4 fully saturated rings. The zero-order chi connectivity index (χ0) is 32.9. The lowest BCUT2D eigenvalue weighted by Gasteiger charge is -2.45. The molecule has 7 atom stereocenters. The van der Waals surface area contributed by atoms with E-state index in [-0.39, 0.29) is 28.4 Å². The normalized spacial score (nSPS) is 34.2. The van der Waals surface area contributed by atoms with Crippen molar-refractivity contribution in [1.29, 1.82) is 0 Å². The van der Waals surface area contributed by atoms with Gasteiger partial charge in [-0.3, -0.25) is 0 Å². The lowest BCUT2D eigenvalue weighted by Crippen LogP contribution is -2.49. The van der Waals surface area contributed by atoms with Crippen LogP contribution < -0.4 is 0 Å². The van der Waals surface area contributed by atoms with Gasteiger partial charge in [-0.1, -0.05) is 91.8 Å². The van der Waals surface area contributed by atoms with Crippen molar-refractivity contribution < 1.29 is 14.0 Å². The summed E-state index contributed by atoms with van der Waals surface area (Å²) in [6.07, 6.45) is 19.9. The monoisotopic (exact) mass is 640 g/mol. The second-order valence-corrected chi connectivity index (χ2v) is 27.9. The molecule has 0 aromatic heterocycles. The molecule has 4 saturated carbocycles. The van der Waals surface area contributed by atoms with E-state index in [1.807, 2.05) is 0 Å². The molecule has 0 radical (unpaired) electrons. The predicted molar refractivity (Wildman–Crippen MR) is 194 cm³/mol. The minimum atomic E-state index is -1.98. The Hall–Kier alpha value is -0.726. The highest BCUT2D eigenvalue weighted by Gasteiger charge is 2.50. The van der Waals surface area contributed by atoms with Crippen molar-refractivity contribution in [3.63, 3.8) is 0 Å². The molecule has 0 saturated heterocycles. The van der Waals surface area contributed by atoms with Gasteiger partial charge in [0.15, 0.2) is 16.6 Å². The fourth-order valence-electron chi connectivity index (χ4n) is 7.93. The van der Waals surface area contributed by atoms with Gasteiger partial charge >= 0.3 is 0 Å². The van der Waals surface area contributed by atoms with Gasteiger partial charge < -0.3 is 14.0 Å². The summed E-state index contributed by atoms with van der Waals surface area (Å²) < 4.78 is 14.2. The van der Waals surface area contributed by atoms with Crippen molar-refractivity contribution >= 4 is 16.6 Å². The first kappa shape index (κ1) is 36.1. The molecule has 1 N–H and O–H groups in total. The summed E-state index contributed by atoms with van der Waals surface area (Å²) in [5.41, 5.74) is 4.49. The molecule has 0 bridgehead atoms. The van der Waals surface area contributed by atoms with E-state index in [0.717, 1.165) is 12.8 Å². The maximum absolute atomic E-state index is 10.5. The van der Waals surface area contributed by atoms with E-state index < -0.39 is 16.6 Å². The zero-order valence-corrected chi connectivity index (χ0v) is 32.7. The average Bonchev–Trinajstić information content (AvgIpc) is 3.68. The number of aliphatic hydroxyl groups excluding tert-OH is 1. The Morgan fingerprint density at radius 3 is 2.11 bits per heavy atom. The molecule has 4 aliphatic carbocycles. The van der Waals surface area contributed by atoms with Gasteiger partial charge in [0.05, 0.1) is 18.3 Å². The van der Waals surface area contributed by atoms with E-state index in [4.69, 9.17) is 8.85 Å². The molecule has 0 aromatic carbocycles. The second kappa shape index (κ2) is 13.1. The largest absolute Gasteiger partial charge is 0.413 e. The van der Waals surface area contributed by atoms with Crippen molar-refractivity contribution in [3.05, 3.63) is 47.6 Å². The average molecular weight is 641 g/mol. The van der Waals surface area contributed by atoms with Gasteiger partial charge in [0.1, 0.15) is 0 Å². The van der Waals surface area contributed by atoms with Crippen LogP contribution in [-0.4, -0.2) is 40.1 Å². The third kappa shape index (κ3) is 7.86. The van der Waals surface area contributed by atoms with E-state index >= 15 is 0 Å². The highest BCUT2D eigenvalue weighted by Crippen LogP contribution is 2.59. The van der Waals surface area contributed by atoms with Gasteiger partial charge in [0.2, 0.25) is 0 Å². The van der Waals surface area contributed by atoms with Gasteiger partial charge in [-0.2, -0.15) is 0 Å². The number of aliphatic hydroxyl groups is 1. The number of fused-ring (bicyclic) bond motifs is 1. The van der Waals surface area contributed by atoms with Crippen LogP contribution in [-0.2, 0) is 8.85 Å². The van der Waals surface area contributed by atoms with Crippen molar-refractivity contribution in [3.8, 4) is 0 Å². The Bertz CT molecular complexity index is 1130. The first-order valence-corrected chi connectivity index (χ1v) is 23.8. The van der Waals surface area contributed by atoms with Crippen molar-refractivity contribution in [2.75, 3.05) is 0 Å². The summed E-state index contributed by atoms with van der Waals surface area (Å²) in [6, 6.07) is 0. The summed E-state index contributed by atoms with van der Waals surface area (Å²) in [5.74, 6) is 2.35. The quantitative estimate of drug-likeness (QED) is 0.201. The van der Waals surface area contributed by atoms with E-state index in [0.29, 0.717) is 29.1 Å². The van der Waals surface area contributed by atoms with E-state index in [1.165, 1.54) is 56.1 Å². The molecule has 4 aliphatic rings. The van der Waals surface area contributed by atoms with Crippen LogP contribution in [0.5, 0.6) is 0 Å². The van der Waals surface area contributed by atoms with Crippen molar-refractivity contribution in [1.82, 2.24) is 0 Å². The molecule has 3 nitrogen and oxygen atoms in total. The molecule has 0 heterocycles. The highest BCUT2D eigenvalue weighted by atomic mass is 28.4. The first-order chi connectivity index (χ1) is 20.2. The molecule has 250 valence electrons. The summed E-state index contributed by atoms with van der Waals surface area (Å²) in [4.78, 5) is 0. The number of rotatable bonds is 9. The Morgan fingerprint density at radius 2 is 1.52 bits per heavy atom. The van der Waals surface area contributed by atoms with E-state index in [2.05, 4.69) is 112 Å². The fourth-order valence-corrected chi connectivity index (χ4v) is 10.6. The minimum Gasteiger partial charge on any atom is -0.413 e. The zero-order valence-electron chi connectivity index (χ0n) is 30.7. The molecule has 4 rings (SSSR count). The summed E-state index contributed by atoms with van der Waals surface area (Å²) in [5, 5.41) is 10.8. The third-order valence-corrected chi connectivity index (χ3v) is 22.1. The molecule has 0 amide bonds. The van der Waals surface area contributed by atoms with Crippen LogP contribution in [0.25, 0.3) is 0 Å². The number of hydrogen-bond donors (Lipinski definition) is 1. The molecular weight excluding hydrogens is 573 g/mol. The number of hydrogen-bond acceptors (Lipinski definition) is 3. The summed E-state index contributed by atoms with van der Waals surface area (Å²) in [6.45, 7) is 33.2. The van der Waals surface area contributed by atoms with Crippen molar-refractivity contribution in [2.24, 2.45) is 29.1 Å². The second-order valence-electron chi connectivity index (χ2n) is 18.4. The third-order valence-electron chi connectivity index (χ3n) is 13.1. The van der Waals surface area contributed by atoms with Crippen LogP contribution in [0, 0.1) is 29.1 Å². The van der Waals surface area contributed by atoms with E-state index in [9.17, 15) is 5.11 Å². The van der Waals surface area contributed by atoms with Crippen LogP contribution in [0.2, 0.25) is 36.3 Å². The Kier molecular flexibility index (Phi) is 10.7. The van der Waals surface area contributed by atoms with Crippen LogP contribution >= 0.6 is 0 Å². The molecule has 5 heteroatoms. The van der Waals surface area contributed by atoms with Gasteiger partial charge in [-0.05, 0) is 128 Å². The van der Waals surface area contributed by atoms with Gasteiger partial charge in [-0.15, -0.1) is 0 Å². The van der Waals surface area contributed by atoms with E-state index in [1.54, 1.807) is 5.57 Å². The highest BCUT2D eigenvalue weighted by molar-refractivity contribution is 6.74. The van der Waals surface area contributed by atoms with Crippen LogP contribution in [0.4, 0.5) is 0 Å². The first-order valence-electron chi connectivity index (χ1n) is 18.0. The van der Waals surface area contributed by atoms with Crippen LogP contribution in [0.15, 0.2) is 47.6 Å². The topological polar surface area (TPSA) is 38.7 Å². The van der Waals surface area contributed by atoms with Crippen LogP contribution in [0.3, 0.4) is 0 Å². The Morgan fingerprint density at radius 1 is 0.909 bits per heavy atom. The van der Waals surface area contributed by atoms with Gasteiger partial charge in [-0.25, -0.2) is 0 Å². The predicted octanol–water partition coefficient (Wildman–Crippen LogP) is 11.1. The summed E-state index contributed by atoms with van der Waals surface area (Å²) in [7, 11) is -3.90. The molecular formula is C39H68O3Si2. The molecule has 0 spiro atoms. The molecule has 0 aromatic rings. The standard InChI is InChI=1S/C39H68O3Si2/c1-27(16-23-35(40)30-18-19-30)33-21-22-34-29(15-14-24-39(33,34)9)17-20-31-25-32(41-43(10,11)37(3,4)5)26-36(28(31)2)42-44(12,13)38(6,7)8/h16-17,20,23,27,30,32-36,40H,2,14-15,18-19,21-22,24-26H2,1,3-13H3/b23-16+,29-17?,31-20?/t27?,32?,33-,34+,35-,36?,39-/m1/s1. The Balaban J connectivity index is 1.57. The van der Waals surface area contributed by atoms with Gasteiger partial charge in [0.25, 0.3) is 0 Å². The van der Waals surface area contributed by atoms with Crippen molar-refractivity contribution in [2.45, 2.75) is 168 Å². The SMILES string of the molecule is C=C1C(=CC=C2CCC[C@]3(C)[C@@H](C(C)/C=C/[C@@H](O)C4CC4)CC[C@@H]23)CC(O[Si](C)(C)C(C)(C)C)CC1O[Si](C)(C)C(C)(C)C. The lowest BCUT2D eigenvalue weighted by atomic mass is 9.61. The maximum Gasteiger partial charge on any atom is 0.192 e. The molecule has 44 heavy (non-hydrogen) atoms. The van der Waals surface area contributed by atoms with Gasteiger partial charge in [0, 0.05) is 6.42 Å². The summed E-state index contributed by atoms with van der Waals surface area (Å²) >= 11 is 0. The minimum absolute atomic E-state index is 0.0233. The molecule has 3 unspecified atom stereocenters. The number of allylic oxidation sites excluding steroid dienone is 4. The molecule has 0 aliphatic heterocycles. The maximum atomic E-state index is 10.5. The fraction of sp³-hybridized carbons (Fsp3) is 0.795. The smallest absolute Gasteiger partial charge is 0.192 e. The lowest BCUT2D eigenvalue weighted by molar-refractivity contribution is 0.0969. The Labute approximate surface area is 274 Å².